The molecule has 1 heterocycles. The van der Waals surface area contributed by atoms with E-state index in [1.54, 1.807) is 24.3 Å². The van der Waals surface area contributed by atoms with Gasteiger partial charge in [-0.25, -0.2) is 0 Å². The zero-order valence-electron chi connectivity index (χ0n) is 14.4. The summed E-state index contributed by atoms with van der Waals surface area (Å²) < 4.78 is 0. The van der Waals surface area contributed by atoms with Gasteiger partial charge in [-0.2, -0.15) is 0 Å². The third-order valence-electron chi connectivity index (χ3n) is 4.43. The number of benzene rings is 2. The van der Waals surface area contributed by atoms with E-state index < -0.39 is 6.04 Å². The van der Waals surface area contributed by atoms with Crippen LogP contribution in [0.3, 0.4) is 0 Å². The summed E-state index contributed by atoms with van der Waals surface area (Å²) in [5.41, 5.74) is 7.60. The van der Waals surface area contributed by atoms with Gasteiger partial charge in [0.05, 0.1) is 11.1 Å². The number of nitrogens with one attached hydrogen (secondary N) is 1. The maximum absolute atomic E-state index is 12.2. The molecule has 0 saturated carbocycles. The Labute approximate surface area is 152 Å². The van der Waals surface area contributed by atoms with Crippen LogP contribution in [0.4, 0.5) is 0 Å². The van der Waals surface area contributed by atoms with Crippen LogP contribution in [0.1, 0.15) is 45.2 Å². The van der Waals surface area contributed by atoms with Crippen molar-refractivity contribution in [3.05, 3.63) is 71.3 Å². The third kappa shape index (κ3) is 3.65. The molecule has 3 rings (SSSR count). The number of unbranched alkanes of at least 4 members (excludes halogenated alkanes) is 1. The van der Waals surface area contributed by atoms with Crippen molar-refractivity contribution in [3.63, 3.8) is 0 Å². The molecule has 3 amide bonds. The van der Waals surface area contributed by atoms with Gasteiger partial charge in [-0.05, 0) is 30.5 Å². The van der Waals surface area contributed by atoms with Crippen LogP contribution in [-0.4, -0.2) is 35.7 Å². The molecular weight excluding hydrogens is 330 g/mol. The van der Waals surface area contributed by atoms with E-state index >= 15 is 0 Å². The van der Waals surface area contributed by atoms with Crippen molar-refractivity contribution in [2.24, 2.45) is 5.73 Å². The second-order valence-corrected chi connectivity index (χ2v) is 6.19. The quantitative estimate of drug-likeness (QED) is 0.588. The number of rotatable bonds is 7. The number of hydrogen-bond donors (Lipinski definition) is 2. The lowest BCUT2D eigenvalue weighted by Crippen LogP contribution is -2.35. The van der Waals surface area contributed by atoms with Crippen molar-refractivity contribution in [1.29, 1.82) is 0 Å². The van der Waals surface area contributed by atoms with Gasteiger partial charge in [0.2, 0.25) is 5.91 Å². The normalized spacial score (nSPS) is 14.3. The fourth-order valence-corrected chi connectivity index (χ4v) is 2.97. The largest absolute Gasteiger partial charge is 0.354 e. The summed E-state index contributed by atoms with van der Waals surface area (Å²) >= 11 is 0. The average molecular weight is 351 g/mol. The molecule has 1 aliphatic heterocycles. The fraction of sp³-hybridized carbons (Fsp3) is 0.250. The van der Waals surface area contributed by atoms with E-state index in [1.165, 1.54) is 4.90 Å². The molecule has 2 aromatic rings. The SMILES string of the molecule is NC(C(=O)NCCCCN1C(=O)c2ccccc2C1=O)c1ccccc1. The molecule has 134 valence electrons. The number of nitrogens with two attached hydrogens (primary N) is 1. The van der Waals surface area contributed by atoms with Crippen molar-refractivity contribution in [1.82, 2.24) is 10.2 Å². The van der Waals surface area contributed by atoms with Gasteiger partial charge < -0.3 is 11.1 Å². The summed E-state index contributed by atoms with van der Waals surface area (Å²) in [6.45, 7) is 0.787. The molecule has 3 N–H and O–H groups in total. The molecule has 1 atom stereocenters. The molecule has 26 heavy (non-hydrogen) atoms. The highest BCUT2D eigenvalue weighted by atomic mass is 16.2. The topological polar surface area (TPSA) is 92.5 Å². The molecule has 6 nitrogen and oxygen atoms in total. The van der Waals surface area contributed by atoms with Crippen molar-refractivity contribution in [2.45, 2.75) is 18.9 Å². The Bertz CT molecular complexity index is 785. The number of imide groups is 1. The summed E-state index contributed by atoms with van der Waals surface area (Å²) in [4.78, 5) is 37.8. The Balaban J connectivity index is 1.42. The smallest absolute Gasteiger partial charge is 0.261 e. The van der Waals surface area contributed by atoms with E-state index in [9.17, 15) is 14.4 Å². The van der Waals surface area contributed by atoms with Crippen molar-refractivity contribution < 1.29 is 14.4 Å². The molecule has 1 unspecified atom stereocenters. The van der Waals surface area contributed by atoms with Crippen LogP contribution in [0.15, 0.2) is 54.6 Å². The van der Waals surface area contributed by atoms with E-state index in [0.29, 0.717) is 37.1 Å². The van der Waals surface area contributed by atoms with Gasteiger partial charge in [0.1, 0.15) is 6.04 Å². The maximum Gasteiger partial charge on any atom is 0.261 e. The lowest BCUT2D eigenvalue weighted by molar-refractivity contribution is -0.122. The van der Waals surface area contributed by atoms with Gasteiger partial charge in [-0.3, -0.25) is 19.3 Å². The number of amides is 3. The lowest BCUT2D eigenvalue weighted by atomic mass is 10.1. The molecule has 2 aromatic carbocycles. The molecule has 0 bridgehead atoms. The predicted octanol–water partition coefficient (Wildman–Crippen LogP) is 1.88. The molecule has 6 heteroatoms. The van der Waals surface area contributed by atoms with Crippen LogP contribution in [0.5, 0.6) is 0 Å². The first-order valence-corrected chi connectivity index (χ1v) is 8.63. The molecule has 0 aromatic heterocycles. The number of fused-ring (bicyclic) bond motifs is 1. The van der Waals surface area contributed by atoms with E-state index in [0.717, 1.165) is 5.56 Å². The van der Waals surface area contributed by atoms with Gasteiger partial charge in [0.25, 0.3) is 11.8 Å². The maximum atomic E-state index is 12.2. The minimum atomic E-state index is -0.701. The molecule has 0 spiro atoms. The first kappa shape index (κ1) is 17.8. The number of nitrogens with zero attached hydrogens (tertiary/aromatic N) is 1. The standard InChI is InChI=1S/C20H21N3O3/c21-17(14-8-2-1-3-9-14)18(24)22-12-6-7-13-23-19(25)15-10-4-5-11-16(15)20(23)26/h1-5,8-11,17H,6-7,12-13,21H2,(H,22,24). The number of hydrogen-bond acceptors (Lipinski definition) is 4. The highest BCUT2D eigenvalue weighted by Gasteiger charge is 2.34. The summed E-state index contributed by atoms with van der Waals surface area (Å²) in [7, 11) is 0. The fourth-order valence-electron chi connectivity index (χ4n) is 2.97. The number of carbonyl (C=O) groups excluding carboxylic acids is 3. The minimum Gasteiger partial charge on any atom is -0.354 e. The van der Waals surface area contributed by atoms with Crippen molar-refractivity contribution in [3.8, 4) is 0 Å². The molecular formula is C20H21N3O3. The Hall–Kier alpha value is -2.99. The second kappa shape index (κ2) is 7.93. The van der Waals surface area contributed by atoms with Gasteiger partial charge in [0.15, 0.2) is 0 Å². The van der Waals surface area contributed by atoms with Gasteiger partial charge >= 0.3 is 0 Å². The first-order chi connectivity index (χ1) is 12.6. The van der Waals surface area contributed by atoms with Gasteiger partial charge in [-0.15, -0.1) is 0 Å². The molecule has 0 aliphatic carbocycles. The van der Waals surface area contributed by atoms with E-state index in [2.05, 4.69) is 5.32 Å². The van der Waals surface area contributed by atoms with Crippen molar-refractivity contribution >= 4 is 17.7 Å². The third-order valence-corrected chi connectivity index (χ3v) is 4.43. The van der Waals surface area contributed by atoms with Crippen molar-refractivity contribution in [2.75, 3.05) is 13.1 Å². The zero-order chi connectivity index (χ0) is 18.5. The zero-order valence-corrected chi connectivity index (χ0v) is 14.4. The predicted molar refractivity (Wildman–Crippen MR) is 97.4 cm³/mol. The van der Waals surface area contributed by atoms with E-state index in [-0.39, 0.29) is 17.7 Å². The minimum absolute atomic E-state index is 0.239. The van der Waals surface area contributed by atoms with Crippen LogP contribution in [-0.2, 0) is 4.79 Å². The van der Waals surface area contributed by atoms with Crippen LogP contribution < -0.4 is 11.1 Å². The molecule has 0 radical (unpaired) electrons. The van der Waals surface area contributed by atoms with Crippen LogP contribution in [0.2, 0.25) is 0 Å². The first-order valence-electron chi connectivity index (χ1n) is 8.63. The summed E-state index contributed by atoms with van der Waals surface area (Å²) in [5.74, 6) is -0.738. The number of carbonyl (C=O) groups is 3. The highest BCUT2D eigenvalue weighted by molar-refractivity contribution is 6.21. The van der Waals surface area contributed by atoms with E-state index in [1.807, 2.05) is 30.3 Å². The molecule has 1 aliphatic rings. The van der Waals surface area contributed by atoms with E-state index in [4.69, 9.17) is 5.73 Å². The average Bonchev–Trinajstić information content (AvgIpc) is 2.92. The Kier molecular flexibility index (Phi) is 5.43. The van der Waals surface area contributed by atoms with Gasteiger partial charge in [0, 0.05) is 13.1 Å². The van der Waals surface area contributed by atoms with Crippen LogP contribution in [0, 0.1) is 0 Å². The monoisotopic (exact) mass is 351 g/mol. The summed E-state index contributed by atoms with van der Waals surface area (Å²) in [6.07, 6.45) is 1.27. The lowest BCUT2D eigenvalue weighted by Gasteiger charge is -2.15. The van der Waals surface area contributed by atoms with Crippen LogP contribution >= 0.6 is 0 Å². The Morgan fingerprint density at radius 3 is 2.12 bits per heavy atom. The Morgan fingerprint density at radius 2 is 1.50 bits per heavy atom. The summed E-state index contributed by atoms with van der Waals surface area (Å²) in [5, 5.41) is 2.79. The Morgan fingerprint density at radius 1 is 0.923 bits per heavy atom. The highest BCUT2D eigenvalue weighted by Crippen LogP contribution is 2.22. The second-order valence-electron chi connectivity index (χ2n) is 6.19. The molecule has 0 fully saturated rings. The van der Waals surface area contributed by atoms with Crippen LogP contribution in [0.25, 0.3) is 0 Å². The molecule has 0 saturated heterocycles. The summed E-state index contributed by atoms with van der Waals surface area (Å²) in [6, 6.07) is 15.3. The van der Waals surface area contributed by atoms with Gasteiger partial charge in [-0.1, -0.05) is 42.5 Å².